The minimum Gasteiger partial charge on any atom is -0.497 e. The van der Waals surface area contributed by atoms with Gasteiger partial charge >= 0.3 is 6.03 Å². The van der Waals surface area contributed by atoms with Gasteiger partial charge in [-0.15, -0.1) is 11.3 Å². The smallest absolute Gasteiger partial charge is 0.319 e. The quantitative estimate of drug-likeness (QED) is 0.734. The van der Waals surface area contributed by atoms with E-state index in [-0.39, 0.29) is 6.03 Å². The molecule has 0 aliphatic carbocycles. The van der Waals surface area contributed by atoms with Gasteiger partial charge < -0.3 is 15.4 Å². The predicted molar refractivity (Wildman–Crippen MR) is 96.4 cm³/mol. The molecular weight excluding hydrogens is 322 g/mol. The fraction of sp³-hybridized carbons (Fsp3) is 0.111. The van der Waals surface area contributed by atoms with Gasteiger partial charge in [-0.3, -0.25) is 0 Å². The minimum absolute atomic E-state index is 0.278. The van der Waals surface area contributed by atoms with Crippen LogP contribution in [0.3, 0.4) is 0 Å². The van der Waals surface area contributed by atoms with E-state index in [2.05, 4.69) is 15.6 Å². The van der Waals surface area contributed by atoms with Crippen molar-refractivity contribution < 1.29 is 9.53 Å². The summed E-state index contributed by atoms with van der Waals surface area (Å²) < 4.78 is 5.13. The molecule has 2 aromatic carbocycles. The maximum Gasteiger partial charge on any atom is 0.319 e. The molecule has 0 bridgehead atoms. The third-order valence-electron chi connectivity index (χ3n) is 3.35. The number of carbonyl (C=O) groups excluding carboxylic acids is 1. The van der Waals surface area contributed by atoms with E-state index in [1.165, 1.54) is 11.3 Å². The van der Waals surface area contributed by atoms with Gasteiger partial charge in [0.2, 0.25) is 0 Å². The highest BCUT2D eigenvalue weighted by molar-refractivity contribution is 7.09. The number of thiazole rings is 1. The van der Waals surface area contributed by atoms with Gasteiger partial charge in [0, 0.05) is 22.7 Å². The van der Waals surface area contributed by atoms with Crippen LogP contribution in [-0.4, -0.2) is 18.1 Å². The molecule has 0 aliphatic heterocycles. The number of methoxy groups -OCH3 is 1. The molecule has 2 amide bonds. The normalized spacial score (nSPS) is 10.2. The lowest BCUT2D eigenvalue weighted by Gasteiger charge is -2.07. The summed E-state index contributed by atoms with van der Waals surface area (Å²) in [5.41, 5.74) is 2.67. The van der Waals surface area contributed by atoms with Crippen molar-refractivity contribution in [2.45, 2.75) is 6.54 Å². The van der Waals surface area contributed by atoms with Crippen molar-refractivity contribution in [2.75, 3.05) is 12.4 Å². The van der Waals surface area contributed by atoms with Crippen LogP contribution in [0.5, 0.6) is 5.75 Å². The molecule has 1 aromatic heterocycles. The van der Waals surface area contributed by atoms with Crippen LogP contribution in [0.1, 0.15) is 5.01 Å². The van der Waals surface area contributed by atoms with Gasteiger partial charge in [-0.25, -0.2) is 9.78 Å². The second kappa shape index (κ2) is 7.61. The second-order valence-corrected chi connectivity index (χ2v) is 5.97. The van der Waals surface area contributed by atoms with E-state index in [1.807, 2.05) is 47.8 Å². The Hall–Kier alpha value is -2.86. The number of ether oxygens (including phenoxy) is 1. The first-order chi connectivity index (χ1) is 11.7. The van der Waals surface area contributed by atoms with Crippen molar-refractivity contribution in [2.24, 2.45) is 0 Å². The number of nitrogens with one attached hydrogen (secondary N) is 2. The van der Waals surface area contributed by atoms with Gasteiger partial charge in [-0.1, -0.05) is 36.4 Å². The largest absolute Gasteiger partial charge is 0.497 e. The molecule has 0 atom stereocenters. The van der Waals surface area contributed by atoms with Crippen molar-refractivity contribution in [1.82, 2.24) is 10.3 Å². The summed E-state index contributed by atoms with van der Waals surface area (Å²) in [5, 5.41) is 8.43. The Morgan fingerprint density at radius 1 is 1.17 bits per heavy atom. The summed E-state index contributed by atoms with van der Waals surface area (Å²) >= 11 is 1.53. The average Bonchev–Trinajstić information content (AvgIpc) is 3.10. The van der Waals surface area contributed by atoms with Crippen molar-refractivity contribution >= 4 is 23.1 Å². The molecule has 122 valence electrons. The lowest BCUT2D eigenvalue weighted by molar-refractivity contribution is 0.251. The van der Waals surface area contributed by atoms with Gasteiger partial charge in [-0.2, -0.15) is 0 Å². The van der Waals surface area contributed by atoms with E-state index in [0.29, 0.717) is 18.0 Å². The molecule has 0 fully saturated rings. The van der Waals surface area contributed by atoms with Gasteiger partial charge in [0.15, 0.2) is 0 Å². The van der Waals surface area contributed by atoms with E-state index < -0.39 is 0 Å². The average molecular weight is 339 g/mol. The topological polar surface area (TPSA) is 63.2 Å². The highest BCUT2D eigenvalue weighted by Crippen LogP contribution is 2.21. The van der Waals surface area contributed by atoms with E-state index in [9.17, 15) is 4.79 Å². The third-order valence-corrected chi connectivity index (χ3v) is 4.20. The summed E-state index contributed by atoms with van der Waals surface area (Å²) in [7, 11) is 1.59. The maximum atomic E-state index is 12.0. The molecular formula is C18H17N3O2S. The SMILES string of the molecule is COc1cccc(NC(=O)NCc2nc(-c3ccccc3)cs2)c1. The van der Waals surface area contributed by atoms with E-state index in [0.717, 1.165) is 16.3 Å². The van der Waals surface area contributed by atoms with Gasteiger partial charge in [-0.05, 0) is 12.1 Å². The van der Waals surface area contributed by atoms with Crippen LogP contribution in [-0.2, 0) is 6.54 Å². The van der Waals surface area contributed by atoms with E-state index in [4.69, 9.17) is 4.74 Å². The summed E-state index contributed by atoms with van der Waals surface area (Å²) in [4.78, 5) is 16.5. The lowest BCUT2D eigenvalue weighted by atomic mass is 10.2. The number of rotatable bonds is 5. The summed E-state index contributed by atoms with van der Waals surface area (Å²) in [6.07, 6.45) is 0. The molecule has 0 aliphatic rings. The van der Waals surface area contributed by atoms with E-state index in [1.54, 1.807) is 19.2 Å². The van der Waals surface area contributed by atoms with Crippen LogP contribution in [0, 0.1) is 0 Å². The number of benzene rings is 2. The zero-order chi connectivity index (χ0) is 16.8. The van der Waals surface area contributed by atoms with Gasteiger partial charge in [0.05, 0.1) is 19.3 Å². The molecule has 0 saturated heterocycles. The predicted octanol–water partition coefficient (Wildman–Crippen LogP) is 4.14. The van der Waals surface area contributed by atoms with Crippen LogP contribution in [0.2, 0.25) is 0 Å². The minimum atomic E-state index is -0.278. The Bertz CT molecular complexity index is 818. The Morgan fingerprint density at radius 3 is 2.79 bits per heavy atom. The van der Waals surface area contributed by atoms with Crippen LogP contribution >= 0.6 is 11.3 Å². The highest BCUT2D eigenvalue weighted by atomic mass is 32.1. The number of amides is 2. The number of anilines is 1. The van der Waals surface area contributed by atoms with Gasteiger partial charge in [0.1, 0.15) is 10.8 Å². The van der Waals surface area contributed by atoms with Crippen LogP contribution in [0.15, 0.2) is 60.0 Å². The summed E-state index contributed by atoms with van der Waals surface area (Å²) in [6.45, 7) is 0.382. The zero-order valence-corrected chi connectivity index (χ0v) is 14.0. The molecule has 0 unspecified atom stereocenters. The van der Waals surface area contributed by atoms with Crippen molar-refractivity contribution in [1.29, 1.82) is 0 Å². The highest BCUT2D eigenvalue weighted by Gasteiger charge is 2.07. The zero-order valence-electron chi connectivity index (χ0n) is 13.2. The second-order valence-electron chi connectivity index (χ2n) is 5.03. The number of urea groups is 1. The first-order valence-electron chi connectivity index (χ1n) is 7.43. The van der Waals surface area contributed by atoms with Gasteiger partial charge in [0.25, 0.3) is 0 Å². The summed E-state index contributed by atoms with van der Waals surface area (Å²) in [5.74, 6) is 0.695. The molecule has 6 heteroatoms. The monoisotopic (exact) mass is 339 g/mol. The molecule has 1 heterocycles. The Balaban J connectivity index is 1.56. The number of hydrogen-bond donors (Lipinski definition) is 2. The molecule has 24 heavy (non-hydrogen) atoms. The Kier molecular flexibility index (Phi) is 5.08. The molecule has 0 spiro atoms. The number of nitrogens with zero attached hydrogens (tertiary/aromatic N) is 1. The van der Waals surface area contributed by atoms with Crippen molar-refractivity contribution in [3.8, 4) is 17.0 Å². The maximum absolute atomic E-state index is 12.0. The Morgan fingerprint density at radius 2 is 2.00 bits per heavy atom. The summed E-state index contributed by atoms with van der Waals surface area (Å²) in [6, 6.07) is 16.9. The molecule has 2 N–H and O–H groups in total. The fourth-order valence-corrected chi connectivity index (χ4v) is 2.91. The molecule has 3 rings (SSSR count). The van der Waals surface area contributed by atoms with Crippen LogP contribution < -0.4 is 15.4 Å². The molecule has 0 saturated carbocycles. The lowest BCUT2D eigenvalue weighted by Crippen LogP contribution is -2.28. The van der Waals surface area contributed by atoms with E-state index >= 15 is 0 Å². The standard InChI is InChI=1S/C18H17N3O2S/c1-23-15-9-5-8-14(10-15)20-18(22)19-11-17-21-16(12-24-17)13-6-3-2-4-7-13/h2-10,12H,11H2,1H3,(H2,19,20,22). The van der Waals surface area contributed by atoms with Crippen LogP contribution in [0.4, 0.5) is 10.5 Å². The van der Waals surface area contributed by atoms with Crippen molar-refractivity contribution in [3.63, 3.8) is 0 Å². The first-order valence-corrected chi connectivity index (χ1v) is 8.31. The number of carbonyl (C=O) groups is 1. The molecule has 5 nitrogen and oxygen atoms in total. The molecule has 3 aromatic rings. The number of aromatic nitrogens is 1. The third kappa shape index (κ3) is 4.11. The number of hydrogen-bond acceptors (Lipinski definition) is 4. The Labute approximate surface area is 144 Å². The van der Waals surface area contributed by atoms with Crippen molar-refractivity contribution in [3.05, 3.63) is 65.0 Å². The fourth-order valence-electron chi connectivity index (χ4n) is 2.17. The van der Waals surface area contributed by atoms with Crippen LogP contribution in [0.25, 0.3) is 11.3 Å². The molecule has 0 radical (unpaired) electrons. The first kappa shape index (κ1) is 16.0.